The van der Waals surface area contributed by atoms with Crippen LogP contribution in [0.3, 0.4) is 0 Å². The first-order valence-corrected chi connectivity index (χ1v) is 4.86. The first-order valence-electron chi connectivity index (χ1n) is 4.86. The van der Waals surface area contributed by atoms with Crippen LogP contribution in [0.4, 0.5) is 0 Å². The highest BCUT2D eigenvalue weighted by Crippen LogP contribution is 2.16. The molecule has 0 heterocycles. The minimum Gasteiger partial charge on any atom is -0.464 e. The minimum absolute atomic E-state index is 0.256. The Morgan fingerprint density at radius 3 is 2.20 bits per heavy atom. The van der Waals surface area contributed by atoms with Crippen molar-refractivity contribution in [3.05, 3.63) is 12.2 Å². The van der Waals surface area contributed by atoms with Crippen LogP contribution < -0.4 is 0 Å². The van der Waals surface area contributed by atoms with E-state index >= 15 is 0 Å². The Morgan fingerprint density at radius 1 is 1.40 bits per heavy atom. The van der Waals surface area contributed by atoms with Crippen LogP contribution in [0.5, 0.6) is 0 Å². The Kier molecular flexibility index (Phi) is 4.52. The fourth-order valence-electron chi connectivity index (χ4n) is 0.985. The Labute approximate surface area is 90.9 Å². The van der Waals surface area contributed by atoms with Crippen molar-refractivity contribution in [2.75, 3.05) is 13.7 Å². The van der Waals surface area contributed by atoms with Gasteiger partial charge >= 0.3 is 5.97 Å². The number of ether oxygens (including phenoxy) is 1. The van der Waals surface area contributed by atoms with E-state index in [-0.39, 0.29) is 5.91 Å². The third kappa shape index (κ3) is 3.08. The quantitative estimate of drug-likeness (QED) is 0.523. The second kappa shape index (κ2) is 4.96. The van der Waals surface area contributed by atoms with Gasteiger partial charge in [-0.25, -0.2) is 4.79 Å². The molecule has 0 aromatic rings. The van der Waals surface area contributed by atoms with Gasteiger partial charge < -0.3 is 9.64 Å². The van der Waals surface area contributed by atoms with E-state index in [2.05, 4.69) is 6.58 Å². The molecule has 4 nitrogen and oxygen atoms in total. The van der Waals surface area contributed by atoms with Gasteiger partial charge in [-0.05, 0) is 27.7 Å². The van der Waals surface area contributed by atoms with Crippen LogP contribution in [-0.2, 0) is 14.3 Å². The van der Waals surface area contributed by atoms with Gasteiger partial charge in [0.25, 0.3) is 0 Å². The van der Waals surface area contributed by atoms with Crippen LogP contribution >= 0.6 is 0 Å². The van der Waals surface area contributed by atoms with Crippen LogP contribution in [0.2, 0.25) is 0 Å². The molecule has 0 aromatic carbocycles. The molecule has 1 amide bonds. The molecule has 0 saturated carbocycles. The molecule has 0 aliphatic heterocycles. The van der Waals surface area contributed by atoms with Crippen molar-refractivity contribution in [3.8, 4) is 0 Å². The second-order valence-electron chi connectivity index (χ2n) is 3.92. The SMILES string of the molecule is C=C(C)C(=O)N(C)C(C)(C)C(=O)OCC. The van der Waals surface area contributed by atoms with Gasteiger partial charge in [-0.15, -0.1) is 0 Å². The molecule has 86 valence electrons. The lowest BCUT2D eigenvalue weighted by atomic mass is 10.0. The molecule has 0 aliphatic rings. The summed E-state index contributed by atoms with van der Waals surface area (Å²) in [6, 6.07) is 0. The zero-order valence-electron chi connectivity index (χ0n) is 10.1. The Morgan fingerprint density at radius 2 is 1.87 bits per heavy atom. The molecular weight excluding hydrogens is 194 g/mol. The van der Waals surface area contributed by atoms with E-state index in [1.54, 1.807) is 34.7 Å². The smallest absolute Gasteiger partial charge is 0.331 e. The molecule has 4 heteroatoms. The highest BCUT2D eigenvalue weighted by atomic mass is 16.5. The molecule has 0 aromatic heterocycles. The topological polar surface area (TPSA) is 46.6 Å². The molecule has 0 atom stereocenters. The number of esters is 1. The molecule has 0 radical (unpaired) electrons. The number of carbonyl (C=O) groups excluding carboxylic acids is 2. The van der Waals surface area contributed by atoms with Gasteiger partial charge in [-0.2, -0.15) is 0 Å². The number of hydrogen-bond acceptors (Lipinski definition) is 3. The van der Waals surface area contributed by atoms with Crippen molar-refractivity contribution >= 4 is 11.9 Å². The van der Waals surface area contributed by atoms with Gasteiger partial charge in [0, 0.05) is 12.6 Å². The van der Waals surface area contributed by atoms with Crippen LogP contribution in [0, 0.1) is 0 Å². The zero-order chi connectivity index (χ0) is 12.2. The lowest BCUT2D eigenvalue weighted by molar-refractivity contribution is -0.159. The summed E-state index contributed by atoms with van der Waals surface area (Å²) in [5, 5.41) is 0. The van der Waals surface area contributed by atoms with Crippen LogP contribution in [0.1, 0.15) is 27.7 Å². The Balaban J connectivity index is 4.79. The fourth-order valence-corrected chi connectivity index (χ4v) is 0.985. The summed E-state index contributed by atoms with van der Waals surface area (Å²) < 4.78 is 4.90. The number of hydrogen-bond donors (Lipinski definition) is 0. The van der Waals surface area contributed by atoms with Gasteiger partial charge in [0.1, 0.15) is 5.54 Å². The maximum Gasteiger partial charge on any atom is 0.331 e. The zero-order valence-corrected chi connectivity index (χ0v) is 10.1. The number of rotatable bonds is 4. The normalized spacial score (nSPS) is 10.7. The van der Waals surface area contributed by atoms with Crippen LogP contribution in [0.15, 0.2) is 12.2 Å². The molecule has 0 spiro atoms. The number of carbonyl (C=O) groups is 2. The molecule has 0 N–H and O–H groups in total. The molecular formula is C11H19NO3. The molecule has 0 unspecified atom stereocenters. The van der Waals surface area contributed by atoms with E-state index in [9.17, 15) is 9.59 Å². The maximum atomic E-state index is 11.6. The summed E-state index contributed by atoms with van der Waals surface area (Å²) >= 11 is 0. The standard InChI is InChI=1S/C11H19NO3/c1-7-15-10(14)11(4,5)12(6)9(13)8(2)3/h2,7H2,1,3-6H3. The van der Waals surface area contributed by atoms with E-state index in [1.165, 1.54) is 4.90 Å². The van der Waals surface area contributed by atoms with Gasteiger partial charge in [0.15, 0.2) is 0 Å². The lowest BCUT2D eigenvalue weighted by Gasteiger charge is -2.33. The third-order valence-electron chi connectivity index (χ3n) is 2.28. The van der Waals surface area contributed by atoms with Gasteiger partial charge in [-0.1, -0.05) is 6.58 Å². The third-order valence-corrected chi connectivity index (χ3v) is 2.28. The first kappa shape index (κ1) is 13.7. The summed E-state index contributed by atoms with van der Waals surface area (Å²) in [6.45, 7) is 10.5. The Hall–Kier alpha value is -1.32. The lowest BCUT2D eigenvalue weighted by Crippen LogP contribution is -2.51. The van der Waals surface area contributed by atoms with E-state index in [1.807, 2.05) is 0 Å². The van der Waals surface area contributed by atoms with Crippen molar-refractivity contribution in [1.82, 2.24) is 4.90 Å². The highest BCUT2D eigenvalue weighted by Gasteiger charge is 2.36. The fraction of sp³-hybridized carbons (Fsp3) is 0.636. The Bertz CT molecular complexity index is 282. The molecule has 0 aliphatic carbocycles. The summed E-state index contributed by atoms with van der Waals surface area (Å²) in [7, 11) is 1.56. The summed E-state index contributed by atoms with van der Waals surface area (Å²) in [6.07, 6.45) is 0. The van der Waals surface area contributed by atoms with Crippen LogP contribution in [-0.4, -0.2) is 36.0 Å². The average molecular weight is 213 g/mol. The maximum absolute atomic E-state index is 11.6. The van der Waals surface area contributed by atoms with Crippen molar-refractivity contribution in [2.45, 2.75) is 33.2 Å². The van der Waals surface area contributed by atoms with Gasteiger partial charge in [0.05, 0.1) is 6.61 Å². The van der Waals surface area contributed by atoms with E-state index < -0.39 is 11.5 Å². The van der Waals surface area contributed by atoms with E-state index in [4.69, 9.17) is 4.74 Å². The van der Waals surface area contributed by atoms with Gasteiger partial charge in [-0.3, -0.25) is 4.79 Å². The summed E-state index contributed by atoms with van der Waals surface area (Å²) in [4.78, 5) is 24.5. The van der Waals surface area contributed by atoms with E-state index in [0.717, 1.165) is 0 Å². The average Bonchev–Trinajstić information content (AvgIpc) is 2.15. The molecule has 0 saturated heterocycles. The number of likely N-dealkylation sites (N-methyl/N-ethyl adjacent to an activating group) is 1. The van der Waals surface area contributed by atoms with E-state index in [0.29, 0.717) is 12.2 Å². The summed E-state index contributed by atoms with van der Waals surface area (Å²) in [5.41, 5.74) is -0.568. The predicted molar refractivity (Wildman–Crippen MR) is 58.3 cm³/mol. The summed E-state index contributed by atoms with van der Waals surface area (Å²) in [5.74, 6) is -0.671. The minimum atomic E-state index is -0.966. The predicted octanol–water partition coefficient (Wildman–Crippen LogP) is 1.36. The monoisotopic (exact) mass is 213 g/mol. The van der Waals surface area contributed by atoms with Crippen molar-refractivity contribution in [3.63, 3.8) is 0 Å². The molecule has 0 rings (SSSR count). The van der Waals surface area contributed by atoms with Crippen molar-refractivity contribution < 1.29 is 14.3 Å². The first-order chi connectivity index (χ1) is 6.75. The molecule has 15 heavy (non-hydrogen) atoms. The van der Waals surface area contributed by atoms with Crippen molar-refractivity contribution in [2.24, 2.45) is 0 Å². The van der Waals surface area contributed by atoms with Gasteiger partial charge in [0.2, 0.25) is 5.91 Å². The van der Waals surface area contributed by atoms with Crippen LogP contribution in [0.25, 0.3) is 0 Å². The largest absolute Gasteiger partial charge is 0.464 e. The van der Waals surface area contributed by atoms with Crippen molar-refractivity contribution in [1.29, 1.82) is 0 Å². The number of amides is 1. The second-order valence-corrected chi connectivity index (χ2v) is 3.92. The highest BCUT2D eigenvalue weighted by molar-refractivity contribution is 5.96. The molecule has 0 bridgehead atoms. The molecule has 0 fully saturated rings. The number of nitrogens with zero attached hydrogens (tertiary/aromatic N) is 1.